The topological polar surface area (TPSA) is 97.2 Å². The Morgan fingerprint density at radius 1 is 1.56 bits per heavy atom. The molecule has 0 saturated heterocycles. The van der Waals surface area contributed by atoms with Crippen molar-refractivity contribution in [2.45, 2.75) is 0 Å². The summed E-state index contributed by atoms with van der Waals surface area (Å²) in [5.41, 5.74) is 2.09. The van der Waals surface area contributed by atoms with Gasteiger partial charge in [0.2, 0.25) is 5.91 Å². The standard InChI is InChI=1S/C10H10N4O3S/c1-11-8(15)4-12-6-2-3-7-9(13-5-18-7)10(6)14(16)17/h2-3,5,12H,4H2,1H3,(H,11,15). The molecule has 1 amide bonds. The van der Waals surface area contributed by atoms with Gasteiger partial charge in [0.25, 0.3) is 0 Å². The normalized spacial score (nSPS) is 10.3. The molecule has 1 aromatic carbocycles. The van der Waals surface area contributed by atoms with E-state index in [0.29, 0.717) is 11.2 Å². The minimum absolute atomic E-state index is 0.0208. The molecule has 1 heterocycles. The van der Waals surface area contributed by atoms with Crippen molar-refractivity contribution < 1.29 is 9.72 Å². The maximum Gasteiger partial charge on any atom is 0.319 e. The summed E-state index contributed by atoms with van der Waals surface area (Å²) < 4.78 is 0.743. The summed E-state index contributed by atoms with van der Waals surface area (Å²) in [7, 11) is 1.50. The molecule has 2 N–H and O–H groups in total. The number of rotatable bonds is 4. The number of nitro groups is 1. The second-order valence-electron chi connectivity index (χ2n) is 3.44. The van der Waals surface area contributed by atoms with Crippen molar-refractivity contribution in [1.82, 2.24) is 10.3 Å². The number of nitro benzene ring substituents is 1. The maximum atomic E-state index is 11.1. The number of benzene rings is 1. The molecule has 0 fully saturated rings. The Kier molecular flexibility index (Phi) is 3.38. The predicted molar refractivity (Wildman–Crippen MR) is 68.8 cm³/mol. The van der Waals surface area contributed by atoms with Crippen LogP contribution in [0.5, 0.6) is 0 Å². The zero-order valence-corrected chi connectivity index (χ0v) is 10.3. The van der Waals surface area contributed by atoms with E-state index in [-0.39, 0.29) is 18.1 Å². The molecule has 2 rings (SSSR count). The Morgan fingerprint density at radius 3 is 3.00 bits per heavy atom. The molecule has 0 radical (unpaired) electrons. The lowest BCUT2D eigenvalue weighted by Crippen LogP contribution is -2.26. The number of hydrogen-bond acceptors (Lipinski definition) is 6. The number of aromatic nitrogens is 1. The van der Waals surface area contributed by atoms with Gasteiger partial charge in [-0.05, 0) is 12.1 Å². The first kappa shape index (κ1) is 12.2. The Morgan fingerprint density at radius 2 is 2.33 bits per heavy atom. The minimum Gasteiger partial charge on any atom is -0.370 e. The lowest BCUT2D eigenvalue weighted by molar-refractivity contribution is -0.382. The fraction of sp³-hybridized carbons (Fsp3) is 0.200. The van der Waals surface area contributed by atoms with Crippen LogP contribution in [0.15, 0.2) is 17.6 Å². The number of carbonyl (C=O) groups is 1. The number of carbonyl (C=O) groups excluding carboxylic acids is 1. The fourth-order valence-corrected chi connectivity index (χ4v) is 2.19. The lowest BCUT2D eigenvalue weighted by Gasteiger charge is -2.06. The minimum atomic E-state index is -0.492. The molecule has 18 heavy (non-hydrogen) atoms. The highest BCUT2D eigenvalue weighted by Crippen LogP contribution is 2.34. The molecule has 0 aliphatic rings. The molecule has 7 nitrogen and oxygen atoms in total. The fourth-order valence-electron chi connectivity index (χ4n) is 1.51. The molecule has 0 aliphatic heterocycles. The molecular formula is C10H10N4O3S. The summed E-state index contributed by atoms with van der Waals surface area (Å²) >= 11 is 1.33. The van der Waals surface area contributed by atoms with E-state index in [1.807, 2.05) is 0 Å². The molecular weight excluding hydrogens is 256 g/mol. The number of hydrogen-bond donors (Lipinski definition) is 2. The van der Waals surface area contributed by atoms with Crippen LogP contribution in [-0.2, 0) is 4.79 Å². The zero-order valence-electron chi connectivity index (χ0n) is 9.47. The van der Waals surface area contributed by atoms with Crippen LogP contribution in [0.4, 0.5) is 11.4 Å². The van der Waals surface area contributed by atoms with Crippen molar-refractivity contribution in [2.75, 3.05) is 18.9 Å². The van der Waals surface area contributed by atoms with Crippen molar-refractivity contribution in [1.29, 1.82) is 0 Å². The van der Waals surface area contributed by atoms with Gasteiger partial charge >= 0.3 is 5.69 Å². The summed E-state index contributed by atoms with van der Waals surface area (Å²) in [4.78, 5) is 25.7. The van der Waals surface area contributed by atoms with Gasteiger partial charge in [-0.25, -0.2) is 4.98 Å². The third-order valence-corrected chi connectivity index (χ3v) is 3.17. The Balaban J connectivity index is 2.40. The van der Waals surface area contributed by atoms with E-state index in [2.05, 4.69) is 15.6 Å². The number of thiazole rings is 1. The highest BCUT2D eigenvalue weighted by molar-refractivity contribution is 7.16. The van der Waals surface area contributed by atoms with Gasteiger partial charge in [-0.2, -0.15) is 0 Å². The van der Waals surface area contributed by atoms with Crippen molar-refractivity contribution >= 4 is 38.8 Å². The lowest BCUT2D eigenvalue weighted by atomic mass is 10.2. The molecule has 0 saturated carbocycles. The molecule has 0 atom stereocenters. The second-order valence-corrected chi connectivity index (χ2v) is 4.33. The summed E-state index contributed by atoms with van der Waals surface area (Å²) in [5.74, 6) is -0.248. The quantitative estimate of drug-likeness (QED) is 0.643. The van der Waals surface area contributed by atoms with Gasteiger partial charge in [0.1, 0.15) is 5.69 Å². The molecule has 0 bridgehead atoms. The molecule has 0 unspecified atom stereocenters. The highest BCUT2D eigenvalue weighted by Gasteiger charge is 2.20. The van der Waals surface area contributed by atoms with E-state index < -0.39 is 4.92 Å². The van der Waals surface area contributed by atoms with Crippen molar-refractivity contribution in [3.05, 3.63) is 27.8 Å². The van der Waals surface area contributed by atoms with Crippen LogP contribution < -0.4 is 10.6 Å². The van der Waals surface area contributed by atoms with E-state index in [0.717, 1.165) is 4.70 Å². The second kappa shape index (κ2) is 4.96. The molecule has 2 aromatic rings. The van der Waals surface area contributed by atoms with Gasteiger partial charge in [0, 0.05) is 7.05 Å². The first-order valence-electron chi connectivity index (χ1n) is 5.08. The van der Waals surface area contributed by atoms with Crippen molar-refractivity contribution in [2.24, 2.45) is 0 Å². The molecule has 0 spiro atoms. The Bertz CT molecular complexity index is 610. The average Bonchev–Trinajstić information content (AvgIpc) is 2.82. The van der Waals surface area contributed by atoms with E-state index in [1.54, 1.807) is 17.6 Å². The Labute approximate surface area is 106 Å². The smallest absolute Gasteiger partial charge is 0.319 e. The average molecular weight is 266 g/mol. The van der Waals surface area contributed by atoms with Crippen LogP contribution in [0.3, 0.4) is 0 Å². The molecule has 94 valence electrons. The number of likely N-dealkylation sites (N-methyl/N-ethyl adjacent to an activating group) is 1. The van der Waals surface area contributed by atoms with Crippen LogP contribution in [0.2, 0.25) is 0 Å². The summed E-state index contributed by atoms with van der Waals surface area (Å²) in [6, 6.07) is 3.33. The van der Waals surface area contributed by atoms with E-state index in [1.165, 1.54) is 18.4 Å². The number of anilines is 1. The highest BCUT2D eigenvalue weighted by atomic mass is 32.1. The summed E-state index contributed by atoms with van der Waals surface area (Å²) in [5, 5.41) is 16.2. The van der Waals surface area contributed by atoms with Gasteiger partial charge in [-0.3, -0.25) is 14.9 Å². The third-order valence-electron chi connectivity index (χ3n) is 2.38. The van der Waals surface area contributed by atoms with E-state index >= 15 is 0 Å². The van der Waals surface area contributed by atoms with Crippen LogP contribution in [0.1, 0.15) is 0 Å². The molecule has 1 aromatic heterocycles. The van der Waals surface area contributed by atoms with Gasteiger partial charge in [0.15, 0.2) is 5.52 Å². The maximum absolute atomic E-state index is 11.1. The predicted octanol–water partition coefficient (Wildman–Crippen LogP) is 1.36. The zero-order chi connectivity index (χ0) is 13.1. The monoisotopic (exact) mass is 266 g/mol. The third kappa shape index (κ3) is 2.23. The molecule has 0 aliphatic carbocycles. The van der Waals surface area contributed by atoms with E-state index in [9.17, 15) is 14.9 Å². The SMILES string of the molecule is CNC(=O)CNc1ccc2scnc2c1[N+](=O)[O-]. The van der Waals surface area contributed by atoms with Crippen LogP contribution in [0, 0.1) is 10.1 Å². The first-order chi connectivity index (χ1) is 8.63. The van der Waals surface area contributed by atoms with Crippen molar-refractivity contribution in [3.8, 4) is 0 Å². The van der Waals surface area contributed by atoms with Gasteiger partial charge in [-0.1, -0.05) is 0 Å². The largest absolute Gasteiger partial charge is 0.370 e. The molecule has 8 heteroatoms. The van der Waals surface area contributed by atoms with Crippen LogP contribution >= 0.6 is 11.3 Å². The number of amides is 1. The number of nitrogens with zero attached hydrogens (tertiary/aromatic N) is 2. The van der Waals surface area contributed by atoms with Crippen LogP contribution in [-0.4, -0.2) is 29.4 Å². The Hall–Kier alpha value is -2.22. The number of nitrogens with one attached hydrogen (secondary N) is 2. The van der Waals surface area contributed by atoms with Gasteiger partial charge < -0.3 is 10.6 Å². The summed E-state index contributed by atoms with van der Waals surface area (Å²) in [6.07, 6.45) is 0. The first-order valence-corrected chi connectivity index (χ1v) is 5.96. The van der Waals surface area contributed by atoms with Crippen LogP contribution in [0.25, 0.3) is 10.2 Å². The number of fused-ring (bicyclic) bond motifs is 1. The summed E-state index contributed by atoms with van der Waals surface area (Å²) in [6.45, 7) is -0.0208. The van der Waals surface area contributed by atoms with Crippen molar-refractivity contribution in [3.63, 3.8) is 0 Å². The van der Waals surface area contributed by atoms with E-state index in [4.69, 9.17) is 0 Å². The van der Waals surface area contributed by atoms with Gasteiger partial charge in [0.05, 0.1) is 21.7 Å². The van der Waals surface area contributed by atoms with Gasteiger partial charge in [-0.15, -0.1) is 11.3 Å².